The van der Waals surface area contributed by atoms with Gasteiger partial charge in [-0.1, -0.05) is 24.3 Å². The normalized spacial score (nSPS) is 14.0. The number of hydrogen-bond donors (Lipinski definition) is 1. The van der Waals surface area contributed by atoms with Crippen LogP contribution in [0, 0.1) is 5.82 Å². The molecule has 0 unspecified atom stereocenters. The lowest BCUT2D eigenvalue weighted by Gasteiger charge is -2.17. The van der Waals surface area contributed by atoms with Crippen LogP contribution in [0.1, 0.15) is 34.7 Å². The molecule has 1 fully saturated rings. The predicted molar refractivity (Wildman–Crippen MR) is 126 cm³/mol. The molecule has 0 aromatic heterocycles. The van der Waals surface area contributed by atoms with Gasteiger partial charge in [0.1, 0.15) is 5.82 Å². The maximum Gasteiger partial charge on any atom is 0.337 e. The van der Waals surface area contributed by atoms with Crippen molar-refractivity contribution < 1.29 is 30.8 Å². The zero-order chi connectivity index (χ0) is 24.7. The molecule has 34 heavy (non-hydrogen) atoms. The van der Waals surface area contributed by atoms with Gasteiger partial charge in [-0.2, -0.15) is 0 Å². The Morgan fingerprint density at radius 1 is 1.00 bits per heavy atom. The second-order valence-electron chi connectivity index (χ2n) is 8.11. The smallest absolute Gasteiger partial charge is 0.337 e. The zero-order valence-corrected chi connectivity index (χ0v) is 20.0. The second-order valence-corrected chi connectivity index (χ2v) is 11.8. The maximum atomic E-state index is 13.9. The standard InChI is InChI=1S/C24H22FNO6S2/c1-32-24(27)17-8-10-21(15-6-7-15)23(13-17)34(30,31)26-22-14-19(33(2,28)29)9-11-20(22)16-4-3-5-18(25)12-16/h3-5,8-15,26H,6-7H2,1-2H3. The quantitative estimate of drug-likeness (QED) is 0.480. The largest absolute Gasteiger partial charge is 0.465 e. The summed E-state index contributed by atoms with van der Waals surface area (Å²) in [7, 11) is -6.72. The molecule has 1 saturated carbocycles. The third kappa shape index (κ3) is 4.97. The van der Waals surface area contributed by atoms with E-state index in [1.165, 1.54) is 55.6 Å². The van der Waals surface area contributed by atoms with Crippen LogP contribution in [0.25, 0.3) is 11.1 Å². The van der Waals surface area contributed by atoms with Crippen molar-refractivity contribution in [2.24, 2.45) is 0 Å². The van der Waals surface area contributed by atoms with E-state index in [2.05, 4.69) is 4.72 Å². The maximum absolute atomic E-state index is 13.9. The van der Waals surface area contributed by atoms with Gasteiger partial charge in [0.25, 0.3) is 10.0 Å². The van der Waals surface area contributed by atoms with Gasteiger partial charge in [0, 0.05) is 11.8 Å². The summed E-state index contributed by atoms with van der Waals surface area (Å²) < 4.78 is 72.4. The molecule has 7 nitrogen and oxygen atoms in total. The lowest BCUT2D eigenvalue weighted by atomic mass is 10.0. The molecule has 178 valence electrons. The minimum atomic E-state index is -4.26. The molecule has 0 amide bonds. The van der Waals surface area contributed by atoms with Gasteiger partial charge in [0.2, 0.25) is 0 Å². The van der Waals surface area contributed by atoms with E-state index >= 15 is 0 Å². The monoisotopic (exact) mass is 503 g/mol. The first-order chi connectivity index (χ1) is 16.0. The lowest BCUT2D eigenvalue weighted by Crippen LogP contribution is -2.17. The van der Waals surface area contributed by atoms with E-state index in [0.717, 1.165) is 19.1 Å². The van der Waals surface area contributed by atoms with Gasteiger partial charge in [0.05, 0.1) is 28.2 Å². The fraction of sp³-hybridized carbons (Fsp3) is 0.208. The first-order valence-electron chi connectivity index (χ1n) is 10.3. The number of ether oxygens (including phenoxy) is 1. The summed E-state index contributed by atoms with van der Waals surface area (Å²) in [4.78, 5) is 11.8. The topological polar surface area (TPSA) is 107 Å². The average molecular weight is 504 g/mol. The molecule has 10 heteroatoms. The van der Waals surface area contributed by atoms with Gasteiger partial charge >= 0.3 is 5.97 Å². The molecule has 1 aliphatic carbocycles. The Kier molecular flexibility index (Phi) is 6.22. The van der Waals surface area contributed by atoms with E-state index in [1.807, 2.05) is 0 Å². The number of hydrogen-bond acceptors (Lipinski definition) is 6. The molecule has 0 bridgehead atoms. The van der Waals surface area contributed by atoms with Crippen LogP contribution in [0.2, 0.25) is 0 Å². The molecule has 0 saturated heterocycles. The predicted octanol–water partition coefficient (Wildman–Crippen LogP) is 4.36. The van der Waals surface area contributed by atoms with Crippen molar-refractivity contribution in [3.8, 4) is 11.1 Å². The molecular formula is C24H22FNO6S2. The number of sulfone groups is 1. The van der Waals surface area contributed by atoms with Crippen molar-refractivity contribution in [1.29, 1.82) is 0 Å². The Balaban J connectivity index is 1.86. The number of esters is 1. The van der Waals surface area contributed by atoms with Gasteiger partial charge < -0.3 is 4.74 Å². The summed E-state index contributed by atoms with van der Waals surface area (Å²) in [5.74, 6) is -1.16. The van der Waals surface area contributed by atoms with Crippen molar-refractivity contribution in [3.63, 3.8) is 0 Å². The Morgan fingerprint density at radius 2 is 1.74 bits per heavy atom. The van der Waals surface area contributed by atoms with Crippen molar-refractivity contribution >= 4 is 31.5 Å². The van der Waals surface area contributed by atoms with Gasteiger partial charge in [-0.3, -0.25) is 4.72 Å². The minimum absolute atomic E-state index is 0.0289. The molecule has 0 heterocycles. The number of sulfonamides is 1. The third-order valence-electron chi connectivity index (χ3n) is 5.54. The minimum Gasteiger partial charge on any atom is -0.465 e. The fourth-order valence-electron chi connectivity index (χ4n) is 3.69. The SMILES string of the molecule is COC(=O)c1ccc(C2CC2)c(S(=O)(=O)Nc2cc(S(C)(=O)=O)ccc2-c2cccc(F)c2)c1. The van der Waals surface area contributed by atoms with Crippen LogP contribution >= 0.6 is 0 Å². The molecular weight excluding hydrogens is 481 g/mol. The first-order valence-corrected chi connectivity index (χ1v) is 13.7. The van der Waals surface area contributed by atoms with Gasteiger partial charge in [-0.25, -0.2) is 26.0 Å². The third-order valence-corrected chi connectivity index (χ3v) is 8.07. The Hall–Kier alpha value is -3.24. The van der Waals surface area contributed by atoms with Crippen LogP contribution in [0.3, 0.4) is 0 Å². The number of nitrogens with one attached hydrogen (secondary N) is 1. The summed E-state index contributed by atoms with van der Waals surface area (Å²) in [6.07, 6.45) is 2.64. The molecule has 0 aliphatic heterocycles. The van der Waals surface area contributed by atoms with Gasteiger partial charge in [0.15, 0.2) is 9.84 Å². The van der Waals surface area contributed by atoms with E-state index in [0.29, 0.717) is 16.7 Å². The molecule has 3 aromatic rings. The Labute approximate surface area is 197 Å². The van der Waals surface area contributed by atoms with Crippen molar-refractivity contribution in [3.05, 3.63) is 77.6 Å². The highest BCUT2D eigenvalue weighted by atomic mass is 32.2. The number of rotatable bonds is 7. The molecule has 0 spiro atoms. The van der Waals surface area contributed by atoms with E-state index in [9.17, 15) is 26.0 Å². The molecule has 0 radical (unpaired) electrons. The molecule has 1 aliphatic rings. The van der Waals surface area contributed by atoms with Crippen LogP contribution in [0.5, 0.6) is 0 Å². The van der Waals surface area contributed by atoms with Crippen LogP contribution in [-0.4, -0.2) is 36.2 Å². The molecule has 0 atom stereocenters. The van der Waals surface area contributed by atoms with Crippen molar-refractivity contribution in [2.75, 3.05) is 18.1 Å². The van der Waals surface area contributed by atoms with E-state index < -0.39 is 31.6 Å². The lowest BCUT2D eigenvalue weighted by molar-refractivity contribution is 0.0600. The van der Waals surface area contributed by atoms with Crippen molar-refractivity contribution in [2.45, 2.75) is 28.6 Å². The summed E-state index contributed by atoms with van der Waals surface area (Å²) in [6.45, 7) is 0. The summed E-state index contributed by atoms with van der Waals surface area (Å²) >= 11 is 0. The van der Waals surface area contributed by atoms with Gasteiger partial charge in [-0.05, 0) is 66.3 Å². The van der Waals surface area contributed by atoms with Crippen LogP contribution in [0.15, 0.2) is 70.5 Å². The van der Waals surface area contributed by atoms with E-state index in [-0.39, 0.29) is 27.0 Å². The van der Waals surface area contributed by atoms with Crippen LogP contribution in [-0.2, 0) is 24.6 Å². The average Bonchev–Trinajstić information content (AvgIpc) is 3.62. The first kappa shape index (κ1) is 23.9. The fourth-order valence-corrected chi connectivity index (χ4v) is 5.73. The molecule has 1 N–H and O–H groups in total. The summed E-state index contributed by atoms with van der Waals surface area (Å²) in [6, 6.07) is 13.9. The number of carbonyl (C=O) groups is 1. The number of carbonyl (C=O) groups excluding carboxylic acids is 1. The Bertz CT molecular complexity index is 1500. The van der Waals surface area contributed by atoms with E-state index in [4.69, 9.17) is 4.74 Å². The summed E-state index contributed by atoms with van der Waals surface area (Å²) in [5, 5.41) is 0. The molecule has 4 rings (SSSR count). The Morgan fingerprint density at radius 3 is 2.35 bits per heavy atom. The van der Waals surface area contributed by atoms with Crippen LogP contribution in [0.4, 0.5) is 10.1 Å². The highest BCUT2D eigenvalue weighted by Gasteiger charge is 2.32. The highest BCUT2D eigenvalue weighted by Crippen LogP contribution is 2.44. The van der Waals surface area contributed by atoms with Crippen LogP contribution < -0.4 is 4.72 Å². The van der Waals surface area contributed by atoms with Gasteiger partial charge in [-0.15, -0.1) is 0 Å². The number of benzene rings is 3. The zero-order valence-electron chi connectivity index (χ0n) is 18.4. The number of halogens is 1. The molecule has 3 aromatic carbocycles. The number of anilines is 1. The second kappa shape index (κ2) is 8.84. The van der Waals surface area contributed by atoms with E-state index in [1.54, 1.807) is 12.1 Å². The summed E-state index contributed by atoms with van der Waals surface area (Å²) in [5.41, 5.74) is 1.27. The van der Waals surface area contributed by atoms with Crippen molar-refractivity contribution in [1.82, 2.24) is 0 Å². The number of methoxy groups -OCH3 is 1. The highest BCUT2D eigenvalue weighted by molar-refractivity contribution is 7.92.